The van der Waals surface area contributed by atoms with Crippen LogP contribution in [0.25, 0.3) is 0 Å². The maximum absolute atomic E-state index is 11.7. The highest BCUT2D eigenvalue weighted by Crippen LogP contribution is 2.05. The number of hydrogen-bond acceptors (Lipinski definition) is 4. The highest BCUT2D eigenvalue weighted by molar-refractivity contribution is 5.76. The number of pyridine rings is 1. The van der Waals surface area contributed by atoms with Crippen LogP contribution in [0.4, 0.5) is 0 Å². The highest BCUT2D eigenvalue weighted by Gasteiger charge is 2.11. The van der Waals surface area contributed by atoms with Gasteiger partial charge in [0.1, 0.15) is 0 Å². The topological polar surface area (TPSA) is 77.2 Å². The van der Waals surface area contributed by atoms with E-state index in [9.17, 15) is 4.79 Å². The minimum absolute atomic E-state index is 0.0694. The van der Waals surface area contributed by atoms with Crippen molar-refractivity contribution < 1.29 is 9.53 Å². The maximum atomic E-state index is 11.7. The summed E-state index contributed by atoms with van der Waals surface area (Å²) < 4.78 is 5.07. The molecule has 0 spiro atoms. The van der Waals surface area contributed by atoms with E-state index in [1.165, 1.54) is 0 Å². The van der Waals surface area contributed by atoms with Crippen LogP contribution in [0.3, 0.4) is 0 Å². The first-order chi connectivity index (χ1) is 8.71. The Bertz CT molecular complexity index is 378. The van der Waals surface area contributed by atoms with E-state index in [-0.39, 0.29) is 18.4 Å². The molecule has 0 saturated carbocycles. The second kappa shape index (κ2) is 7.79. The van der Waals surface area contributed by atoms with E-state index in [2.05, 4.69) is 17.2 Å². The zero-order valence-corrected chi connectivity index (χ0v) is 11.0. The Balaban J connectivity index is 2.47. The van der Waals surface area contributed by atoms with Crippen LogP contribution in [0.15, 0.2) is 18.3 Å². The smallest absolute Gasteiger partial charge is 0.222 e. The number of nitrogens with two attached hydrogens (primary N) is 1. The summed E-state index contributed by atoms with van der Waals surface area (Å²) in [6.45, 7) is 2.86. The fraction of sp³-hybridized carbons (Fsp3) is 0.538. The van der Waals surface area contributed by atoms with Gasteiger partial charge in [-0.05, 0) is 18.1 Å². The molecule has 0 fully saturated rings. The van der Waals surface area contributed by atoms with Gasteiger partial charge in [0.25, 0.3) is 0 Å². The molecule has 5 heteroatoms. The third-order valence-corrected chi connectivity index (χ3v) is 2.83. The molecule has 0 aliphatic carbocycles. The molecule has 1 atom stereocenters. The zero-order valence-electron chi connectivity index (χ0n) is 11.0. The van der Waals surface area contributed by atoms with Gasteiger partial charge in [0, 0.05) is 19.9 Å². The highest BCUT2D eigenvalue weighted by atomic mass is 16.5. The van der Waals surface area contributed by atoms with Crippen molar-refractivity contribution in [1.82, 2.24) is 10.3 Å². The van der Waals surface area contributed by atoms with Crippen molar-refractivity contribution in [2.24, 2.45) is 5.73 Å². The third kappa shape index (κ3) is 4.43. The lowest BCUT2D eigenvalue weighted by molar-refractivity contribution is -0.123. The Morgan fingerprint density at radius 1 is 1.61 bits per heavy atom. The first-order valence-electron chi connectivity index (χ1n) is 6.13. The lowest BCUT2D eigenvalue weighted by atomic mass is 10.1. The zero-order chi connectivity index (χ0) is 13.4. The Kier molecular flexibility index (Phi) is 6.32. The Morgan fingerprint density at radius 3 is 3.00 bits per heavy atom. The summed E-state index contributed by atoms with van der Waals surface area (Å²) in [6.07, 6.45) is 2.70. The number of carbonyl (C=O) groups excluding carboxylic acids is 1. The van der Waals surface area contributed by atoms with E-state index in [0.717, 1.165) is 17.7 Å². The first-order valence-corrected chi connectivity index (χ1v) is 6.13. The summed E-state index contributed by atoms with van der Waals surface area (Å²) in [5.74, 6) is -0.0694. The van der Waals surface area contributed by atoms with Gasteiger partial charge in [-0.1, -0.05) is 13.0 Å². The fourth-order valence-corrected chi connectivity index (χ4v) is 1.68. The molecule has 0 aliphatic rings. The molecule has 0 saturated heterocycles. The van der Waals surface area contributed by atoms with Crippen molar-refractivity contribution in [3.8, 4) is 0 Å². The van der Waals surface area contributed by atoms with Crippen LogP contribution in [0, 0.1) is 0 Å². The van der Waals surface area contributed by atoms with Gasteiger partial charge in [-0.15, -0.1) is 0 Å². The van der Waals surface area contributed by atoms with E-state index in [1.54, 1.807) is 13.3 Å². The Labute approximate surface area is 108 Å². The summed E-state index contributed by atoms with van der Waals surface area (Å²) in [6, 6.07) is 3.92. The molecule has 0 radical (unpaired) electrons. The maximum Gasteiger partial charge on any atom is 0.222 e. The molecule has 1 aromatic rings. The quantitative estimate of drug-likeness (QED) is 0.745. The molecule has 3 N–H and O–H groups in total. The standard InChI is InChI=1S/C13H21N3O2/c1-3-10-5-4-6-15-12(10)9-16-13(17)7-11(8-14)18-2/h4-6,11H,3,7-9,14H2,1-2H3,(H,16,17). The second-order valence-electron chi connectivity index (χ2n) is 4.04. The molecule has 0 aromatic carbocycles. The van der Waals surface area contributed by atoms with Crippen LogP contribution < -0.4 is 11.1 Å². The molecular weight excluding hydrogens is 230 g/mol. The minimum Gasteiger partial charge on any atom is -0.380 e. The van der Waals surface area contributed by atoms with Crippen molar-refractivity contribution in [2.75, 3.05) is 13.7 Å². The largest absolute Gasteiger partial charge is 0.380 e. The molecule has 5 nitrogen and oxygen atoms in total. The van der Waals surface area contributed by atoms with Gasteiger partial charge >= 0.3 is 0 Å². The van der Waals surface area contributed by atoms with Gasteiger partial charge in [0.05, 0.1) is 24.8 Å². The number of hydrogen-bond donors (Lipinski definition) is 2. The van der Waals surface area contributed by atoms with Crippen molar-refractivity contribution in [2.45, 2.75) is 32.4 Å². The van der Waals surface area contributed by atoms with Crippen molar-refractivity contribution in [3.63, 3.8) is 0 Å². The van der Waals surface area contributed by atoms with E-state index >= 15 is 0 Å². The number of nitrogens with one attached hydrogen (secondary N) is 1. The number of methoxy groups -OCH3 is 1. The molecule has 100 valence electrons. The minimum atomic E-state index is -0.223. The monoisotopic (exact) mass is 251 g/mol. The predicted molar refractivity (Wildman–Crippen MR) is 69.9 cm³/mol. The van der Waals surface area contributed by atoms with Gasteiger partial charge in [-0.25, -0.2) is 0 Å². The molecular formula is C13H21N3O2. The molecule has 1 amide bonds. The number of aryl methyl sites for hydroxylation is 1. The molecule has 0 aliphatic heterocycles. The Morgan fingerprint density at radius 2 is 2.39 bits per heavy atom. The number of ether oxygens (including phenoxy) is 1. The van der Waals surface area contributed by atoms with Crippen LogP contribution >= 0.6 is 0 Å². The molecule has 0 bridgehead atoms. The number of aromatic nitrogens is 1. The van der Waals surface area contributed by atoms with Crippen LogP contribution in [0.2, 0.25) is 0 Å². The van der Waals surface area contributed by atoms with E-state index in [1.807, 2.05) is 12.1 Å². The number of nitrogens with zero attached hydrogens (tertiary/aromatic N) is 1. The summed E-state index contributed by atoms with van der Waals surface area (Å²) >= 11 is 0. The first kappa shape index (κ1) is 14.6. The van der Waals surface area contributed by atoms with Gasteiger partial charge in [-0.3, -0.25) is 9.78 Å². The van der Waals surface area contributed by atoms with E-state index in [4.69, 9.17) is 10.5 Å². The molecule has 1 heterocycles. The normalized spacial score (nSPS) is 12.2. The van der Waals surface area contributed by atoms with Crippen molar-refractivity contribution in [3.05, 3.63) is 29.6 Å². The van der Waals surface area contributed by atoms with E-state index in [0.29, 0.717) is 13.1 Å². The summed E-state index contributed by atoms with van der Waals surface area (Å²) in [4.78, 5) is 15.9. The lowest BCUT2D eigenvalue weighted by Gasteiger charge is -2.13. The van der Waals surface area contributed by atoms with Crippen molar-refractivity contribution >= 4 is 5.91 Å². The average Bonchev–Trinajstić information content (AvgIpc) is 2.42. The number of amides is 1. The van der Waals surface area contributed by atoms with Gasteiger partial charge in [-0.2, -0.15) is 0 Å². The van der Waals surface area contributed by atoms with Crippen molar-refractivity contribution in [1.29, 1.82) is 0 Å². The van der Waals surface area contributed by atoms with Crippen LogP contribution in [0.5, 0.6) is 0 Å². The summed E-state index contributed by atoms with van der Waals surface area (Å²) in [5.41, 5.74) is 7.53. The summed E-state index contributed by atoms with van der Waals surface area (Å²) in [5, 5.41) is 2.84. The van der Waals surface area contributed by atoms with Crippen LogP contribution in [-0.2, 0) is 22.5 Å². The average molecular weight is 251 g/mol. The fourth-order valence-electron chi connectivity index (χ4n) is 1.68. The van der Waals surface area contributed by atoms with Crippen LogP contribution in [-0.4, -0.2) is 30.6 Å². The van der Waals surface area contributed by atoms with E-state index < -0.39 is 0 Å². The predicted octanol–water partition coefficient (Wildman–Crippen LogP) is 0.624. The lowest BCUT2D eigenvalue weighted by Crippen LogP contribution is -2.32. The van der Waals surface area contributed by atoms with Gasteiger partial charge < -0.3 is 15.8 Å². The molecule has 18 heavy (non-hydrogen) atoms. The molecule has 1 rings (SSSR count). The third-order valence-electron chi connectivity index (χ3n) is 2.83. The second-order valence-corrected chi connectivity index (χ2v) is 4.04. The Hall–Kier alpha value is -1.46. The SMILES string of the molecule is CCc1cccnc1CNC(=O)CC(CN)OC. The van der Waals surface area contributed by atoms with Gasteiger partial charge in [0.2, 0.25) is 5.91 Å². The molecule has 1 aromatic heterocycles. The molecule has 1 unspecified atom stereocenters. The van der Waals surface area contributed by atoms with Gasteiger partial charge in [0.15, 0.2) is 0 Å². The van der Waals surface area contributed by atoms with Crippen LogP contribution in [0.1, 0.15) is 24.6 Å². The number of carbonyl (C=O) groups is 1. The number of rotatable bonds is 7. The summed E-state index contributed by atoms with van der Waals surface area (Å²) in [7, 11) is 1.55.